The lowest BCUT2D eigenvalue weighted by Crippen LogP contribution is -2.16. The SMILES string of the molecule is COc1nc(P(C)(C)=O)ccc1Nc1ncc(C(F)(F)F)c(NCCc2ccc(S(N)(O)O)cc2)n1. The number of benzene rings is 1. The number of anilines is 3. The Labute approximate surface area is 207 Å². The predicted octanol–water partition coefficient (Wildman–Crippen LogP) is 4.53. The highest BCUT2D eigenvalue weighted by Crippen LogP contribution is 2.40. The monoisotopic (exact) mass is 546 g/mol. The molecule has 0 atom stereocenters. The van der Waals surface area contributed by atoms with Crippen LogP contribution in [0.4, 0.5) is 30.6 Å². The number of nitrogens with two attached hydrogens (primary N) is 1. The van der Waals surface area contributed by atoms with Gasteiger partial charge < -0.3 is 19.9 Å². The molecule has 0 aliphatic carbocycles. The van der Waals surface area contributed by atoms with E-state index in [1.165, 1.54) is 31.4 Å². The minimum atomic E-state index is -4.69. The van der Waals surface area contributed by atoms with Gasteiger partial charge in [-0.25, -0.2) is 15.1 Å². The fourth-order valence-corrected chi connectivity index (χ4v) is 4.37. The van der Waals surface area contributed by atoms with E-state index in [2.05, 4.69) is 25.6 Å². The number of methoxy groups -OCH3 is 1. The number of rotatable bonds is 9. The summed E-state index contributed by atoms with van der Waals surface area (Å²) in [6, 6.07) is 9.16. The number of halogens is 3. The smallest absolute Gasteiger partial charge is 0.421 e. The first-order valence-electron chi connectivity index (χ1n) is 10.4. The van der Waals surface area contributed by atoms with Crippen molar-refractivity contribution in [1.29, 1.82) is 0 Å². The zero-order valence-corrected chi connectivity index (χ0v) is 21.3. The molecule has 36 heavy (non-hydrogen) atoms. The topological polar surface area (TPSA) is 156 Å². The van der Waals surface area contributed by atoms with Gasteiger partial charge in [0.1, 0.15) is 29.6 Å². The molecule has 0 bridgehead atoms. The van der Waals surface area contributed by atoms with Crippen LogP contribution < -0.4 is 25.9 Å². The Kier molecular flexibility index (Phi) is 8.16. The number of nitrogens with one attached hydrogen (secondary N) is 2. The van der Waals surface area contributed by atoms with Crippen molar-refractivity contribution in [2.75, 3.05) is 37.6 Å². The third-order valence-electron chi connectivity index (χ3n) is 4.91. The Morgan fingerprint density at radius 1 is 1.11 bits per heavy atom. The predicted molar refractivity (Wildman–Crippen MR) is 134 cm³/mol. The van der Waals surface area contributed by atoms with Crippen molar-refractivity contribution in [1.82, 2.24) is 15.0 Å². The first kappa shape index (κ1) is 27.7. The van der Waals surface area contributed by atoms with Gasteiger partial charge in [-0.3, -0.25) is 9.11 Å². The van der Waals surface area contributed by atoms with Gasteiger partial charge in [0.15, 0.2) is 0 Å². The van der Waals surface area contributed by atoms with Crippen LogP contribution in [0.25, 0.3) is 0 Å². The molecule has 3 rings (SSSR count). The number of hydrogen-bond donors (Lipinski definition) is 5. The van der Waals surface area contributed by atoms with Crippen molar-refractivity contribution in [3.8, 4) is 5.88 Å². The molecule has 2 heterocycles. The summed E-state index contributed by atoms with van der Waals surface area (Å²) in [5.74, 6) is -0.470. The second-order valence-electron chi connectivity index (χ2n) is 8.07. The summed E-state index contributed by atoms with van der Waals surface area (Å²) in [6.07, 6.45) is -3.71. The molecule has 2 aromatic heterocycles. The number of pyridine rings is 1. The number of hydrogen-bond acceptors (Lipinski definition) is 10. The van der Waals surface area contributed by atoms with Gasteiger partial charge in [0.2, 0.25) is 11.8 Å². The average Bonchev–Trinajstić information content (AvgIpc) is 2.78. The van der Waals surface area contributed by atoms with Crippen LogP contribution in [0.2, 0.25) is 0 Å². The lowest BCUT2D eigenvalue weighted by molar-refractivity contribution is -0.137. The summed E-state index contributed by atoms with van der Waals surface area (Å²) in [5.41, 5.74) is 0.311. The number of ether oxygens (including phenoxy) is 1. The quantitative estimate of drug-likeness (QED) is 0.242. The van der Waals surface area contributed by atoms with Crippen molar-refractivity contribution < 1.29 is 31.6 Å². The van der Waals surface area contributed by atoms with Gasteiger partial charge >= 0.3 is 6.18 Å². The molecule has 0 unspecified atom stereocenters. The lowest BCUT2D eigenvalue weighted by Gasteiger charge is -2.26. The van der Waals surface area contributed by atoms with Crippen molar-refractivity contribution >= 4 is 40.8 Å². The van der Waals surface area contributed by atoms with E-state index in [1.54, 1.807) is 25.5 Å². The molecule has 3 aromatic rings. The number of nitrogens with zero attached hydrogens (tertiary/aromatic N) is 3. The first-order valence-corrected chi connectivity index (χ1v) is 14.6. The van der Waals surface area contributed by atoms with Crippen LogP contribution in [0, 0.1) is 0 Å². The van der Waals surface area contributed by atoms with E-state index in [-0.39, 0.29) is 29.0 Å². The van der Waals surface area contributed by atoms with Crippen molar-refractivity contribution in [3.05, 3.63) is 53.7 Å². The maximum absolute atomic E-state index is 13.5. The van der Waals surface area contributed by atoms with Gasteiger partial charge in [-0.2, -0.15) is 18.2 Å². The van der Waals surface area contributed by atoms with Crippen LogP contribution in [-0.4, -0.2) is 51.0 Å². The van der Waals surface area contributed by atoms with Gasteiger partial charge in [0, 0.05) is 12.7 Å². The summed E-state index contributed by atoms with van der Waals surface area (Å²) < 4.78 is 77.1. The first-order chi connectivity index (χ1) is 16.7. The van der Waals surface area contributed by atoms with Gasteiger partial charge in [-0.05, 0) is 49.6 Å². The molecular weight excluding hydrogens is 520 g/mol. The summed E-state index contributed by atoms with van der Waals surface area (Å²) in [7, 11) is -4.64. The van der Waals surface area contributed by atoms with Crippen LogP contribution in [0.3, 0.4) is 0 Å². The van der Waals surface area contributed by atoms with Crippen molar-refractivity contribution in [2.45, 2.75) is 17.5 Å². The molecule has 0 radical (unpaired) electrons. The third kappa shape index (κ3) is 7.08. The Hall–Kier alpha value is -2.90. The molecule has 0 saturated heterocycles. The van der Waals surface area contributed by atoms with Crippen LogP contribution in [0.1, 0.15) is 11.1 Å². The molecule has 15 heteroatoms. The fraction of sp³-hybridized carbons (Fsp3) is 0.286. The highest BCUT2D eigenvalue weighted by molar-refractivity contribution is 8.22. The normalized spacial score (nSPS) is 12.8. The summed E-state index contributed by atoms with van der Waals surface area (Å²) in [5, 5.41) is 10.8. The molecule has 1 aromatic carbocycles. The number of alkyl halides is 3. The number of aromatic nitrogens is 3. The summed E-state index contributed by atoms with van der Waals surface area (Å²) >= 11 is 0. The highest BCUT2D eigenvalue weighted by atomic mass is 32.3. The molecule has 0 saturated carbocycles. The van der Waals surface area contributed by atoms with E-state index >= 15 is 0 Å². The second kappa shape index (κ2) is 10.6. The standard InChI is InChI=1S/C21H26F3N6O4PS/c1-34-19-16(8-9-17(29-19)35(2,3)31)28-20-27-12-15(21(22,23)24)18(30-20)26-11-10-13-4-6-14(7-5-13)36(25,32)33/h4-9,12,32-33H,10-11,25H2,1-3H3,(H2,26,27,28,30). The second-order valence-corrected chi connectivity index (χ2v) is 12.9. The molecule has 0 spiro atoms. The van der Waals surface area contributed by atoms with Crippen LogP contribution in [0.15, 0.2) is 47.5 Å². The highest BCUT2D eigenvalue weighted by Gasteiger charge is 2.35. The van der Waals surface area contributed by atoms with Crippen LogP contribution >= 0.6 is 17.9 Å². The van der Waals surface area contributed by atoms with E-state index in [0.717, 1.165) is 5.56 Å². The minimum absolute atomic E-state index is 0.0898. The largest absolute Gasteiger partial charge is 0.479 e. The van der Waals surface area contributed by atoms with Crippen LogP contribution in [0.5, 0.6) is 5.88 Å². The molecule has 6 N–H and O–H groups in total. The van der Waals surface area contributed by atoms with Crippen LogP contribution in [-0.2, 0) is 17.2 Å². The van der Waals surface area contributed by atoms with E-state index < -0.39 is 35.5 Å². The minimum Gasteiger partial charge on any atom is -0.479 e. The van der Waals surface area contributed by atoms with Gasteiger partial charge in [0.25, 0.3) is 0 Å². The van der Waals surface area contributed by atoms with Gasteiger partial charge in [-0.1, -0.05) is 12.1 Å². The maximum Gasteiger partial charge on any atom is 0.421 e. The van der Waals surface area contributed by atoms with E-state index in [1.807, 2.05) is 0 Å². The zero-order valence-electron chi connectivity index (χ0n) is 19.6. The fourth-order valence-electron chi connectivity index (χ4n) is 3.07. The summed E-state index contributed by atoms with van der Waals surface area (Å²) in [6.45, 7) is 3.21. The molecule has 0 amide bonds. The average molecular weight is 547 g/mol. The van der Waals surface area contributed by atoms with E-state index in [9.17, 15) is 26.8 Å². The molecule has 10 nitrogen and oxygen atoms in total. The van der Waals surface area contributed by atoms with Crippen molar-refractivity contribution in [2.24, 2.45) is 5.14 Å². The van der Waals surface area contributed by atoms with E-state index in [4.69, 9.17) is 9.88 Å². The van der Waals surface area contributed by atoms with E-state index in [0.29, 0.717) is 18.1 Å². The Balaban J connectivity index is 1.80. The van der Waals surface area contributed by atoms with Crippen molar-refractivity contribution in [3.63, 3.8) is 0 Å². The Morgan fingerprint density at radius 2 is 1.78 bits per heavy atom. The Morgan fingerprint density at radius 3 is 2.33 bits per heavy atom. The molecule has 0 fully saturated rings. The Bertz CT molecular complexity index is 1270. The van der Waals surface area contributed by atoms with Gasteiger partial charge in [0.05, 0.1) is 12.0 Å². The lowest BCUT2D eigenvalue weighted by atomic mass is 10.1. The van der Waals surface area contributed by atoms with Gasteiger partial charge in [-0.15, -0.1) is 10.8 Å². The summed E-state index contributed by atoms with van der Waals surface area (Å²) in [4.78, 5) is 12.1. The molecular formula is C21H26F3N6O4PS. The zero-order chi connectivity index (χ0) is 26.7. The molecule has 0 aliphatic rings. The molecule has 196 valence electrons. The maximum atomic E-state index is 13.5. The third-order valence-corrected chi connectivity index (χ3v) is 7.23. The molecule has 0 aliphatic heterocycles.